The van der Waals surface area contributed by atoms with Gasteiger partial charge in [0, 0.05) is 78.0 Å². The molecule has 10 nitrogen and oxygen atoms in total. The van der Waals surface area contributed by atoms with E-state index in [1.54, 1.807) is 36.5 Å². The molecule has 0 radical (unpaired) electrons. The molecule has 0 bridgehead atoms. The number of rotatable bonds is 11. The van der Waals surface area contributed by atoms with Crippen LogP contribution in [0.2, 0.25) is 0 Å². The molecule has 6 aromatic heterocycles. The summed E-state index contributed by atoms with van der Waals surface area (Å²) in [6, 6.07) is 106. The van der Waals surface area contributed by atoms with Crippen LogP contribution >= 0.6 is 0 Å². The molecule has 113 heavy (non-hydrogen) atoms. The summed E-state index contributed by atoms with van der Waals surface area (Å²) in [6.07, 6.45) is 1.76. The van der Waals surface area contributed by atoms with Crippen molar-refractivity contribution < 1.29 is 17.6 Å². The molecule has 2 aliphatic carbocycles. The Balaban J connectivity index is 0.692. The van der Waals surface area contributed by atoms with Crippen molar-refractivity contribution in [2.24, 2.45) is 0 Å². The van der Waals surface area contributed by atoms with E-state index in [0.717, 1.165) is 105 Å². The predicted molar refractivity (Wildman–Crippen MR) is 442 cm³/mol. The number of alkyl halides is 4. The van der Waals surface area contributed by atoms with E-state index in [4.69, 9.17) is 39.9 Å². The summed E-state index contributed by atoms with van der Waals surface area (Å²) < 4.78 is 74.4. The average molecular weight is 1460 g/mol. The van der Waals surface area contributed by atoms with Crippen molar-refractivity contribution in [1.29, 1.82) is 0 Å². The van der Waals surface area contributed by atoms with Crippen LogP contribution < -0.4 is 0 Å². The van der Waals surface area contributed by atoms with Gasteiger partial charge in [0.1, 0.15) is 5.65 Å². The monoisotopic (exact) mass is 1460 g/mol. The quantitative estimate of drug-likeness (QED) is 0.0921. The molecule has 0 atom stereocenters. The molecule has 0 fully saturated rings. The molecule has 0 N–H and O–H groups in total. The fourth-order valence-corrected chi connectivity index (χ4v) is 16.7. The van der Waals surface area contributed by atoms with Crippen molar-refractivity contribution >= 4 is 60.0 Å². The molecule has 22 rings (SSSR count). The minimum absolute atomic E-state index is 0.108. The van der Waals surface area contributed by atoms with Crippen molar-refractivity contribution in [3.05, 3.63) is 362 Å². The summed E-state index contributed by atoms with van der Waals surface area (Å²) in [7, 11) is 0. The maximum Gasteiger partial charge on any atom is 0.299 e. The largest absolute Gasteiger partial charge is 0.299 e. The molecule has 530 valence electrons. The van der Waals surface area contributed by atoms with Gasteiger partial charge < -0.3 is 0 Å². The number of hydrogen-bond acceptors (Lipinski definition) is 9. The highest BCUT2D eigenvalue weighted by Gasteiger charge is 2.47. The lowest BCUT2D eigenvalue weighted by molar-refractivity contribution is 0.0475. The standard InChI is InChI=1S/C99H56F4N10/c100-98(101)79-50-64(37-42-71(79)72-43-39-67(51-80(72)98)95-109-91(60-20-5-1-6-21-60)107-92(110-95)61-22-7-2-8-23-61)65-38-44-74-75-45-36-58-19-13-14-28-70(58)90(75)97-106-86-54-66(41-47-87(86)113(97)88(74)55-65)78-49-69(57-32-34-59(35-33-57)77-56-85(84-31-17-18-48-104-84)105-83-30-16-15-29-73(77)83)53-82-89(78)76-46-40-68(52-81(76)99(82,102)103)96-111-93(62-24-9-3-10-25-62)108-94(112-96)63-26-11-4-12-27-63/h1-56H. The third-order valence-electron chi connectivity index (χ3n) is 22.2. The van der Waals surface area contributed by atoms with Crippen LogP contribution in [-0.2, 0) is 11.8 Å². The zero-order chi connectivity index (χ0) is 75.2. The third kappa shape index (κ3) is 10.7. The number of hydrogen-bond donors (Lipinski definition) is 0. The number of para-hydroxylation sites is 1. The van der Waals surface area contributed by atoms with Crippen LogP contribution in [0.4, 0.5) is 17.6 Å². The van der Waals surface area contributed by atoms with Crippen LogP contribution in [0.25, 0.3) is 207 Å². The molecule has 14 aromatic carbocycles. The van der Waals surface area contributed by atoms with Crippen LogP contribution in [-0.4, -0.2) is 49.3 Å². The zero-order valence-electron chi connectivity index (χ0n) is 59.8. The fourth-order valence-electron chi connectivity index (χ4n) is 16.7. The highest BCUT2D eigenvalue weighted by atomic mass is 19.3. The smallest absolute Gasteiger partial charge is 0.292 e. The molecule has 0 saturated carbocycles. The van der Waals surface area contributed by atoms with Gasteiger partial charge >= 0.3 is 0 Å². The van der Waals surface area contributed by atoms with Gasteiger partial charge in [0.2, 0.25) is 0 Å². The van der Waals surface area contributed by atoms with Crippen molar-refractivity contribution in [2.45, 2.75) is 11.8 Å². The molecular weight excluding hydrogens is 1410 g/mol. The van der Waals surface area contributed by atoms with Gasteiger partial charge in [-0.1, -0.05) is 261 Å². The summed E-state index contributed by atoms with van der Waals surface area (Å²) in [6.45, 7) is 0. The van der Waals surface area contributed by atoms with Crippen molar-refractivity contribution in [2.75, 3.05) is 0 Å². The normalized spacial score (nSPS) is 13.1. The topological polar surface area (TPSA) is 120 Å². The molecule has 0 amide bonds. The van der Waals surface area contributed by atoms with Gasteiger partial charge in [-0.05, 0) is 156 Å². The summed E-state index contributed by atoms with van der Waals surface area (Å²) in [5, 5.41) is 5.78. The Morgan fingerprint density at radius 1 is 0.239 bits per heavy atom. The Bertz CT molecular complexity index is 7230. The molecule has 6 heterocycles. The van der Waals surface area contributed by atoms with Gasteiger partial charge in [-0.2, -0.15) is 17.6 Å². The van der Waals surface area contributed by atoms with Gasteiger partial charge in [0.15, 0.2) is 34.9 Å². The lowest BCUT2D eigenvalue weighted by Crippen LogP contribution is -2.11. The van der Waals surface area contributed by atoms with Gasteiger partial charge in [-0.15, -0.1) is 0 Å². The van der Waals surface area contributed by atoms with Gasteiger partial charge in [0.05, 0.1) is 33.5 Å². The number of imidazole rings is 1. The second-order valence-electron chi connectivity index (χ2n) is 28.7. The Labute approximate surface area is 643 Å². The minimum Gasteiger partial charge on any atom is -0.292 e. The van der Waals surface area contributed by atoms with E-state index in [1.165, 1.54) is 12.1 Å². The first kappa shape index (κ1) is 65.2. The third-order valence-corrected chi connectivity index (χ3v) is 22.2. The predicted octanol–water partition coefficient (Wildman–Crippen LogP) is 24.8. The van der Waals surface area contributed by atoms with E-state index >= 15 is 17.6 Å². The van der Waals surface area contributed by atoms with E-state index in [-0.39, 0.29) is 33.9 Å². The minimum atomic E-state index is -3.51. The summed E-state index contributed by atoms with van der Waals surface area (Å²) in [5.41, 5.74) is 15.8. The summed E-state index contributed by atoms with van der Waals surface area (Å²) in [5.74, 6) is -4.69. The van der Waals surface area contributed by atoms with Crippen LogP contribution in [0.3, 0.4) is 0 Å². The first-order valence-electron chi connectivity index (χ1n) is 37.2. The molecule has 14 heteroatoms. The van der Waals surface area contributed by atoms with Crippen molar-refractivity contribution in [3.8, 4) is 146 Å². The van der Waals surface area contributed by atoms with E-state index in [2.05, 4.69) is 57.9 Å². The first-order chi connectivity index (χ1) is 55.5. The number of pyridine rings is 3. The lowest BCUT2D eigenvalue weighted by Gasteiger charge is -2.17. The Kier molecular flexibility index (Phi) is 14.6. The van der Waals surface area contributed by atoms with Crippen LogP contribution in [0, 0.1) is 0 Å². The van der Waals surface area contributed by atoms with Crippen LogP contribution in [0.5, 0.6) is 0 Å². The molecule has 0 aliphatic heterocycles. The van der Waals surface area contributed by atoms with E-state index in [0.29, 0.717) is 90.1 Å². The summed E-state index contributed by atoms with van der Waals surface area (Å²) in [4.78, 5) is 44.7. The number of aromatic nitrogens is 10. The van der Waals surface area contributed by atoms with Gasteiger partial charge in [-0.3, -0.25) is 9.38 Å². The number of benzene rings is 14. The molecule has 20 aromatic rings. The summed E-state index contributed by atoms with van der Waals surface area (Å²) >= 11 is 0. The van der Waals surface area contributed by atoms with Crippen molar-refractivity contribution in [1.82, 2.24) is 49.3 Å². The fraction of sp³-hybridized carbons (Fsp3) is 0.0202. The molecule has 0 saturated heterocycles. The van der Waals surface area contributed by atoms with Gasteiger partial charge in [0.25, 0.3) is 11.8 Å². The highest BCUT2D eigenvalue weighted by molar-refractivity contribution is 6.23. The van der Waals surface area contributed by atoms with E-state index < -0.39 is 11.8 Å². The van der Waals surface area contributed by atoms with Crippen LogP contribution in [0.1, 0.15) is 22.3 Å². The maximum atomic E-state index is 18.5. The first-order valence-corrected chi connectivity index (χ1v) is 37.2. The van der Waals surface area contributed by atoms with E-state index in [9.17, 15) is 0 Å². The Morgan fingerprint density at radius 3 is 1.32 bits per heavy atom. The molecule has 0 unspecified atom stereocenters. The number of fused-ring (bicyclic) bond motifs is 17. The Hall–Kier alpha value is -14.9. The lowest BCUT2D eigenvalue weighted by atomic mass is 9.89. The molecule has 0 spiro atoms. The highest BCUT2D eigenvalue weighted by Crippen LogP contribution is 2.57. The second-order valence-corrected chi connectivity index (χ2v) is 28.7. The Morgan fingerprint density at radius 2 is 0.708 bits per heavy atom. The van der Waals surface area contributed by atoms with Crippen molar-refractivity contribution in [3.63, 3.8) is 0 Å². The molecule has 2 aliphatic rings. The van der Waals surface area contributed by atoms with Gasteiger partial charge in [-0.25, -0.2) is 39.9 Å². The molecular formula is C99H56F4N10. The van der Waals surface area contributed by atoms with E-state index in [1.807, 2.05) is 243 Å². The average Bonchev–Trinajstić information content (AvgIpc) is 1.42. The second kappa shape index (κ2) is 25.3. The number of nitrogens with zero attached hydrogens (tertiary/aromatic N) is 10. The SMILES string of the molecule is FC1(F)c2cc(-c3ccc4c5ccc6ccccc6c5c5nc6cc(-c7cc(-c8ccc(-c9cc(-c%10ccccn%10)nc%10ccccc9%10)cc8)cc8c7-c7ccc(-c9nc(-c%10ccccc%10)nc(-c%10ccccc%10)n9)cc7C8(F)F)ccc6n5c4c3)ccc2-c2ccc(-c3nc(-c4ccccc4)nc(-c4ccccc4)n3)cc21. The zero-order valence-corrected chi connectivity index (χ0v) is 59.8. The van der Waals surface area contributed by atoms with Crippen LogP contribution in [0.15, 0.2) is 340 Å². The maximum absolute atomic E-state index is 18.5. The number of halogens is 4.